The highest BCUT2D eigenvalue weighted by Gasteiger charge is 2.28. The number of benzene rings is 1. The van der Waals surface area contributed by atoms with Gasteiger partial charge in [0.05, 0.1) is 19.6 Å². The summed E-state index contributed by atoms with van der Waals surface area (Å²) in [4.78, 5) is 26.4. The Labute approximate surface area is 159 Å². The molecule has 2 aromatic rings. The van der Waals surface area contributed by atoms with E-state index in [0.717, 1.165) is 0 Å². The van der Waals surface area contributed by atoms with E-state index in [9.17, 15) is 9.59 Å². The van der Waals surface area contributed by atoms with Crippen LogP contribution in [0.2, 0.25) is 0 Å². The van der Waals surface area contributed by atoms with Gasteiger partial charge in [-0.25, -0.2) is 0 Å². The van der Waals surface area contributed by atoms with Crippen LogP contribution >= 0.6 is 11.3 Å². The number of aromatic nitrogens is 2. The molecule has 1 fully saturated rings. The van der Waals surface area contributed by atoms with Crippen LogP contribution in [0.25, 0.3) is 0 Å². The van der Waals surface area contributed by atoms with Crippen LogP contribution < -0.4 is 14.8 Å². The molecule has 2 aliphatic heterocycles. The Bertz CT molecular complexity index is 836. The Kier molecular flexibility index (Phi) is 5.16. The second-order valence-corrected chi connectivity index (χ2v) is 7.09. The molecule has 4 rings (SSSR count). The van der Waals surface area contributed by atoms with Gasteiger partial charge in [-0.1, -0.05) is 23.5 Å². The first-order valence-corrected chi connectivity index (χ1v) is 9.38. The summed E-state index contributed by atoms with van der Waals surface area (Å²) in [5.74, 6) is 0.749. The zero-order valence-electron chi connectivity index (χ0n) is 14.4. The lowest BCUT2D eigenvalue weighted by Gasteiger charge is -2.26. The van der Waals surface area contributed by atoms with Crippen molar-refractivity contribution in [2.75, 3.05) is 38.2 Å². The minimum absolute atomic E-state index is 0.0204. The third kappa shape index (κ3) is 4.17. The van der Waals surface area contributed by atoms with Crippen LogP contribution in [0.5, 0.6) is 11.5 Å². The van der Waals surface area contributed by atoms with E-state index in [1.54, 1.807) is 17.0 Å². The molecular weight excluding hydrogens is 372 g/mol. The second-order valence-electron chi connectivity index (χ2n) is 6.02. The summed E-state index contributed by atoms with van der Waals surface area (Å²) < 4.78 is 16.4. The summed E-state index contributed by atoms with van der Waals surface area (Å²) in [6.07, 6.45) is -0.619. The third-order valence-electron chi connectivity index (χ3n) is 4.16. The van der Waals surface area contributed by atoms with E-state index in [4.69, 9.17) is 14.2 Å². The van der Waals surface area contributed by atoms with Gasteiger partial charge in [-0.15, -0.1) is 10.2 Å². The first-order chi connectivity index (χ1) is 13.2. The minimum atomic E-state index is -0.776. The molecule has 0 saturated carbocycles. The minimum Gasteiger partial charge on any atom is -0.485 e. The SMILES string of the molecule is O=C(Nc1nnc(CC(=O)N2CCOCC2)s1)[C@@H]1COc2ccccc2O1. The summed E-state index contributed by atoms with van der Waals surface area (Å²) in [5, 5.41) is 11.5. The molecule has 142 valence electrons. The van der Waals surface area contributed by atoms with Crippen LogP contribution in [-0.4, -0.2) is 65.9 Å². The molecule has 2 amide bonds. The van der Waals surface area contributed by atoms with Gasteiger partial charge in [0, 0.05) is 13.1 Å². The number of carbonyl (C=O) groups excluding carboxylic acids is 2. The van der Waals surface area contributed by atoms with E-state index in [2.05, 4.69) is 15.5 Å². The van der Waals surface area contributed by atoms with Crippen LogP contribution in [-0.2, 0) is 20.7 Å². The number of para-hydroxylation sites is 2. The lowest BCUT2D eigenvalue weighted by atomic mass is 10.2. The fourth-order valence-electron chi connectivity index (χ4n) is 2.76. The lowest BCUT2D eigenvalue weighted by Crippen LogP contribution is -2.41. The predicted molar refractivity (Wildman–Crippen MR) is 96.0 cm³/mol. The van der Waals surface area contributed by atoms with E-state index in [1.807, 2.05) is 12.1 Å². The van der Waals surface area contributed by atoms with Gasteiger partial charge in [-0.2, -0.15) is 0 Å². The van der Waals surface area contributed by atoms with Gasteiger partial charge in [0.25, 0.3) is 5.91 Å². The Balaban J connectivity index is 1.32. The fraction of sp³-hybridized carbons (Fsp3) is 0.412. The number of nitrogens with one attached hydrogen (secondary N) is 1. The number of fused-ring (bicyclic) bond motifs is 1. The standard InChI is InChI=1S/C17H18N4O5S/c22-15(21-5-7-24-8-6-21)9-14-19-20-17(27-14)18-16(23)13-10-25-11-3-1-2-4-12(11)26-13/h1-4,13H,5-10H2,(H,18,20,23)/t13-/m0/s1. The van der Waals surface area contributed by atoms with Gasteiger partial charge in [-0.3, -0.25) is 14.9 Å². The molecule has 0 aliphatic carbocycles. The number of morpholine rings is 1. The number of amides is 2. The number of nitrogens with zero attached hydrogens (tertiary/aromatic N) is 3. The van der Waals surface area contributed by atoms with E-state index >= 15 is 0 Å². The molecule has 0 bridgehead atoms. The molecule has 1 aromatic carbocycles. The summed E-state index contributed by atoms with van der Waals surface area (Å²) in [5.41, 5.74) is 0. The fourth-order valence-corrected chi connectivity index (χ4v) is 3.50. The first-order valence-electron chi connectivity index (χ1n) is 8.56. The van der Waals surface area contributed by atoms with Crippen molar-refractivity contribution in [2.24, 2.45) is 0 Å². The molecule has 0 spiro atoms. The zero-order valence-corrected chi connectivity index (χ0v) is 15.2. The molecular formula is C17H18N4O5S. The van der Waals surface area contributed by atoms with E-state index in [1.165, 1.54) is 11.3 Å². The zero-order chi connectivity index (χ0) is 18.6. The Morgan fingerprint density at radius 2 is 1.96 bits per heavy atom. The first kappa shape index (κ1) is 17.7. The summed E-state index contributed by atoms with van der Waals surface area (Å²) >= 11 is 1.17. The Morgan fingerprint density at radius 1 is 1.19 bits per heavy atom. The van der Waals surface area contributed by atoms with Gasteiger partial charge in [0.15, 0.2) is 11.5 Å². The topological polar surface area (TPSA) is 103 Å². The smallest absolute Gasteiger partial charge is 0.270 e. The molecule has 9 nitrogen and oxygen atoms in total. The molecule has 1 saturated heterocycles. The number of ether oxygens (including phenoxy) is 3. The van der Waals surface area contributed by atoms with E-state index in [0.29, 0.717) is 47.9 Å². The van der Waals surface area contributed by atoms with Crippen LogP contribution in [0.3, 0.4) is 0 Å². The monoisotopic (exact) mass is 390 g/mol. The molecule has 1 N–H and O–H groups in total. The largest absolute Gasteiger partial charge is 0.485 e. The van der Waals surface area contributed by atoms with Gasteiger partial charge in [0.1, 0.15) is 11.6 Å². The maximum Gasteiger partial charge on any atom is 0.270 e. The highest BCUT2D eigenvalue weighted by molar-refractivity contribution is 7.15. The van der Waals surface area contributed by atoms with Crippen molar-refractivity contribution in [1.82, 2.24) is 15.1 Å². The van der Waals surface area contributed by atoms with Crippen LogP contribution in [0.1, 0.15) is 5.01 Å². The second kappa shape index (κ2) is 7.89. The normalized spacial score (nSPS) is 18.8. The molecule has 1 aromatic heterocycles. The molecule has 27 heavy (non-hydrogen) atoms. The van der Waals surface area contributed by atoms with Crippen molar-refractivity contribution < 1.29 is 23.8 Å². The number of anilines is 1. The van der Waals surface area contributed by atoms with Gasteiger partial charge < -0.3 is 19.1 Å². The third-order valence-corrected chi connectivity index (χ3v) is 5.00. The van der Waals surface area contributed by atoms with Crippen molar-refractivity contribution in [3.05, 3.63) is 29.3 Å². The van der Waals surface area contributed by atoms with Crippen molar-refractivity contribution in [2.45, 2.75) is 12.5 Å². The average molecular weight is 390 g/mol. The number of hydrogen-bond acceptors (Lipinski definition) is 8. The molecule has 0 unspecified atom stereocenters. The predicted octanol–water partition coefficient (Wildman–Crippen LogP) is 0.718. The van der Waals surface area contributed by atoms with Crippen LogP contribution in [0.15, 0.2) is 24.3 Å². The quantitative estimate of drug-likeness (QED) is 0.820. The lowest BCUT2D eigenvalue weighted by molar-refractivity contribution is -0.134. The Morgan fingerprint density at radius 3 is 2.78 bits per heavy atom. The van der Waals surface area contributed by atoms with Crippen LogP contribution in [0.4, 0.5) is 5.13 Å². The van der Waals surface area contributed by atoms with Crippen molar-refractivity contribution in [1.29, 1.82) is 0 Å². The number of hydrogen-bond donors (Lipinski definition) is 1. The molecule has 3 heterocycles. The molecule has 0 radical (unpaired) electrons. The van der Waals surface area contributed by atoms with Gasteiger partial charge in [-0.05, 0) is 12.1 Å². The number of carbonyl (C=O) groups is 2. The highest BCUT2D eigenvalue weighted by atomic mass is 32.1. The Hall–Kier alpha value is -2.72. The molecule has 2 aliphatic rings. The van der Waals surface area contributed by atoms with Gasteiger partial charge in [0.2, 0.25) is 17.1 Å². The van der Waals surface area contributed by atoms with Crippen molar-refractivity contribution in [3.63, 3.8) is 0 Å². The summed E-state index contributed by atoms with van der Waals surface area (Å²) in [6, 6.07) is 7.18. The maximum absolute atomic E-state index is 12.4. The van der Waals surface area contributed by atoms with E-state index < -0.39 is 6.10 Å². The van der Waals surface area contributed by atoms with Crippen LogP contribution in [0, 0.1) is 0 Å². The summed E-state index contributed by atoms with van der Waals surface area (Å²) in [6.45, 7) is 2.39. The van der Waals surface area contributed by atoms with Crippen molar-refractivity contribution in [3.8, 4) is 11.5 Å². The average Bonchev–Trinajstić information content (AvgIpc) is 3.15. The van der Waals surface area contributed by atoms with Crippen molar-refractivity contribution >= 4 is 28.3 Å². The van der Waals surface area contributed by atoms with Gasteiger partial charge >= 0.3 is 0 Å². The summed E-state index contributed by atoms with van der Waals surface area (Å²) in [7, 11) is 0. The molecule has 1 atom stereocenters. The molecule has 10 heteroatoms. The van der Waals surface area contributed by atoms with E-state index in [-0.39, 0.29) is 24.8 Å². The highest BCUT2D eigenvalue weighted by Crippen LogP contribution is 2.31. The number of rotatable bonds is 4. The maximum atomic E-state index is 12.4.